The summed E-state index contributed by atoms with van der Waals surface area (Å²) in [7, 11) is 0. The summed E-state index contributed by atoms with van der Waals surface area (Å²) < 4.78 is 3.38. The van der Waals surface area contributed by atoms with Gasteiger partial charge in [-0.2, -0.15) is 0 Å². The van der Waals surface area contributed by atoms with Crippen LogP contribution in [0.25, 0.3) is 0 Å². The normalized spacial score (nSPS) is 10.3. The van der Waals surface area contributed by atoms with Gasteiger partial charge in [0.1, 0.15) is 0 Å². The molecule has 0 bridgehead atoms. The minimum absolute atomic E-state index is 0.973. The van der Waals surface area contributed by atoms with Crippen LogP contribution in [0, 0.1) is 0 Å². The molecule has 66 valence electrons. The summed E-state index contributed by atoms with van der Waals surface area (Å²) in [4.78, 5) is 0. The fourth-order valence-electron chi connectivity index (χ4n) is 0.893. The second kappa shape index (κ2) is 5.13. The Kier molecular flexibility index (Phi) is 4.79. The number of alkyl halides is 1. The van der Waals surface area contributed by atoms with E-state index >= 15 is 0 Å². The van der Waals surface area contributed by atoms with E-state index in [0.717, 1.165) is 25.2 Å². The van der Waals surface area contributed by atoms with Crippen molar-refractivity contribution >= 4 is 63.7 Å². The Balaban J connectivity index is 3.14. The van der Waals surface area contributed by atoms with Gasteiger partial charge in [-0.3, -0.25) is 0 Å². The predicted octanol–water partition coefficient (Wildman–Crippen LogP) is 4.91. The molecule has 0 unspecified atom stereocenters. The van der Waals surface area contributed by atoms with Gasteiger partial charge in [0.25, 0.3) is 0 Å². The lowest BCUT2D eigenvalue weighted by molar-refractivity contribution is 1.13. The molecule has 12 heavy (non-hydrogen) atoms. The molecule has 0 aromatic heterocycles. The summed E-state index contributed by atoms with van der Waals surface area (Å²) in [6.07, 6.45) is 1.01. The first-order chi connectivity index (χ1) is 5.66. The average Bonchev–Trinajstić information content (AvgIpc) is 2.06. The summed E-state index contributed by atoms with van der Waals surface area (Å²) in [5.74, 6) is 0. The molecular weight excluding hydrogens is 416 g/mol. The molecule has 0 spiro atoms. The van der Waals surface area contributed by atoms with Crippen molar-refractivity contribution in [3.8, 4) is 0 Å². The van der Waals surface area contributed by atoms with Crippen molar-refractivity contribution in [1.29, 1.82) is 0 Å². The molecule has 0 atom stereocenters. The third-order valence-electron chi connectivity index (χ3n) is 1.48. The molecule has 1 aromatic rings. The zero-order valence-corrected chi connectivity index (χ0v) is 12.4. The van der Waals surface area contributed by atoms with Crippen LogP contribution >= 0.6 is 63.7 Å². The minimum Gasteiger partial charge on any atom is -0.0924 e. The van der Waals surface area contributed by atoms with E-state index in [-0.39, 0.29) is 0 Å². The van der Waals surface area contributed by atoms with Crippen molar-refractivity contribution in [3.63, 3.8) is 0 Å². The Morgan fingerprint density at radius 1 is 1.00 bits per heavy atom. The van der Waals surface area contributed by atoms with Gasteiger partial charge in [-0.15, -0.1) is 0 Å². The molecule has 0 saturated heterocycles. The fourth-order valence-corrected chi connectivity index (χ4v) is 3.00. The van der Waals surface area contributed by atoms with Crippen LogP contribution < -0.4 is 0 Å². The first-order valence-corrected chi connectivity index (χ1v) is 6.85. The van der Waals surface area contributed by atoms with E-state index < -0.39 is 0 Å². The molecule has 0 amide bonds. The molecule has 0 aliphatic rings. The molecule has 0 saturated carbocycles. The van der Waals surface area contributed by atoms with Gasteiger partial charge in [0, 0.05) is 18.7 Å². The molecule has 0 N–H and O–H groups in total. The highest BCUT2D eigenvalue weighted by Gasteiger charge is 2.06. The molecule has 0 fully saturated rings. The maximum atomic E-state index is 3.53. The monoisotopic (exact) mass is 418 g/mol. The first-order valence-electron chi connectivity index (χ1n) is 3.35. The van der Waals surface area contributed by atoms with Crippen LogP contribution in [0.4, 0.5) is 0 Å². The standard InChI is InChI=1S/C8H6Br4/c9-4-3-5-6(10)1-2-7(11)8(5)12/h1-2H,3-4H2. The Morgan fingerprint density at radius 2 is 1.58 bits per heavy atom. The SMILES string of the molecule is BrCCc1c(Br)ccc(Br)c1Br. The van der Waals surface area contributed by atoms with Crippen molar-refractivity contribution in [2.75, 3.05) is 5.33 Å². The Morgan fingerprint density at radius 3 is 2.17 bits per heavy atom. The molecule has 0 nitrogen and oxygen atoms in total. The van der Waals surface area contributed by atoms with Crippen molar-refractivity contribution in [1.82, 2.24) is 0 Å². The summed E-state index contributed by atoms with van der Waals surface area (Å²) in [6, 6.07) is 4.07. The van der Waals surface area contributed by atoms with Crippen LogP contribution in [0.5, 0.6) is 0 Å². The largest absolute Gasteiger partial charge is 0.0924 e. The van der Waals surface area contributed by atoms with E-state index in [2.05, 4.69) is 63.7 Å². The summed E-state index contributed by atoms with van der Waals surface area (Å²) in [5.41, 5.74) is 1.29. The second-order valence-corrected chi connectivity index (χ2v) is 5.56. The smallest absolute Gasteiger partial charge is 0.0361 e. The van der Waals surface area contributed by atoms with E-state index in [1.165, 1.54) is 5.56 Å². The van der Waals surface area contributed by atoms with Crippen molar-refractivity contribution < 1.29 is 0 Å². The topological polar surface area (TPSA) is 0 Å². The number of hydrogen-bond acceptors (Lipinski definition) is 0. The summed E-state index contributed by atoms with van der Waals surface area (Å²) in [5, 5.41) is 0.973. The third kappa shape index (κ3) is 2.56. The fraction of sp³-hybridized carbons (Fsp3) is 0.250. The van der Waals surface area contributed by atoms with E-state index in [9.17, 15) is 0 Å². The summed E-state index contributed by atoms with van der Waals surface area (Å²) in [6.45, 7) is 0. The lowest BCUT2D eigenvalue weighted by Crippen LogP contribution is -1.90. The van der Waals surface area contributed by atoms with E-state index in [1.54, 1.807) is 0 Å². The van der Waals surface area contributed by atoms with Crippen LogP contribution in [0.15, 0.2) is 25.6 Å². The Labute approximate surface area is 106 Å². The molecule has 0 aliphatic heterocycles. The number of hydrogen-bond donors (Lipinski definition) is 0. The first kappa shape index (κ1) is 11.2. The maximum absolute atomic E-state index is 3.53. The number of benzene rings is 1. The molecule has 0 heterocycles. The Hall–Kier alpha value is 1.14. The van der Waals surface area contributed by atoms with E-state index in [4.69, 9.17) is 0 Å². The van der Waals surface area contributed by atoms with Gasteiger partial charge in [0.05, 0.1) is 0 Å². The van der Waals surface area contributed by atoms with Crippen LogP contribution in [0.3, 0.4) is 0 Å². The quantitative estimate of drug-likeness (QED) is 0.470. The highest BCUT2D eigenvalue weighted by molar-refractivity contribution is 9.13. The van der Waals surface area contributed by atoms with Crippen molar-refractivity contribution in [3.05, 3.63) is 31.1 Å². The third-order valence-corrected chi connectivity index (χ3v) is 4.72. The van der Waals surface area contributed by atoms with Gasteiger partial charge in [0.2, 0.25) is 0 Å². The minimum atomic E-state index is 0.973. The van der Waals surface area contributed by atoms with Gasteiger partial charge in [-0.1, -0.05) is 31.9 Å². The molecule has 0 radical (unpaired) electrons. The van der Waals surface area contributed by atoms with E-state index in [0.29, 0.717) is 0 Å². The molecule has 1 aromatic carbocycles. The van der Waals surface area contributed by atoms with Gasteiger partial charge in [-0.05, 0) is 56.0 Å². The van der Waals surface area contributed by atoms with Gasteiger partial charge < -0.3 is 0 Å². The highest BCUT2D eigenvalue weighted by Crippen LogP contribution is 2.32. The highest BCUT2D eigenvalue weighted by atomic mass is 79.9. The molecule has 1 rings (SSSR count). The van der Waals surface area contributed by atoms with Crippen molar-refractivity contribution in [2.24, 2.45) is 0 Å². The van der Waals surface area contributed by atoms with E-state index in [1.807, 2.05) is 12.1 Å². The van der Waals surface area contributed by atoms with Gasteiger partial charge in [-0.25, -0.2) is 0 Å². The van der Waals surface area contributed by atoms with Gasteiger partial charge >= 0.3 is 0 Å². The van der Waals surface area contributed by atoms with Crippen LogP contribution in [-0.4, -0.2) is 5.33 Å². The number of rotatable bonds is 2. The number of halogens is 4. The predicted molar refractivity (Wildman–Crippen MR) is 67.0 cm³/mol. The Bertz CT molecular complexity index is 283. The second-order valence-electron chi connectivity index (χ2n) is 2.26. The van der Waals surface area contributed by atoms with Crippen LogP contribution in [-0.2, 0) is 6.42 Å². The molecular formula is C8H6Br4. The zero-order valence-electron chi connectivity index (χ0n) is 6.08. The van der Waals surface area contributed by atoms with Crippen LogP contribution in [0.2, 0.25) is 0 Å². The molecule has 4 heteroatoms. The summed E-state index contributed by atoms with van der Waals surface area (Å²) >= 11 is 13.9. The average molecular weight is 422 g/mol. The zero-order chi connectivity index (χ0) is 9.14. The van der Waals surface area contributed by atoms with Crippen molar-refractivity contribution in [2.45, 2.75) is 6.42 Å². The lowest BCUT2D eigenvalue weighted by Gasteiger charge is -2.06. The lowest BCUT2D eigenvalue weighted by atomic mass is 10.2. The molecule has 0 aliphatic carbocycles. The maximum Gasteiger partial charge on any atom is 0.0361 e. The van der Waals surface area contributed by atoms with Gasteiger partial charge in [0.15, 0.2) is 0 Å². The van der Waals surface area contributed by atoms with Crippen LogP contribution in [0.1, 0.15) is 5.56 Å².